The minimum absolute atomic E-state index is 0.0714. The number of amides is 1. The number of anilines is 2. The molecule has 4 aromatic rings. The summed E-state index contributed by atoms with van der Waals surface area (Å²) < 4.78 is 1.82. The summed E-state index contributed by atoms with van der Waals surface area (Å²) in [5, 5.41) is 31.9. The molecular weight excluding hydrogens is 580 g/mol. The van der Waals surface area contributed by atoms with E-state index >= 15 is 0 Å². The van der Waals surface area contributed by atoms with Crippen LogP contribution in [0.3, 0.4) is 0 Å². The maximum atomic E-state index is 12.4. The Bertz CT molecular complexity index is 1540. The van der Waals surface area contributed by atoms with Crippen molar-refractivity contribution in [1.29, 1.82) is 0 Å². The molecule has 6 rings (SSSR count). The number of nitrogens with one attached hydrogen (secondary N) is 3. The smallest absolute Gasteiger partial charge is 0.226 e. The Morgan fingerprint density at radius 2 is 1.59 bits per heavy atom. The number of nitrogens with zero attached hydrogens (tertiary/aromatic N) is 5. The van der Waals surface area contributed by atoms with Crippen LogP contribution in [0.15, 0.2) is 67.0 Å². The Balaban J connectivity index is 1.29. The summed E-state index contributed by atoms with van der Waals surface area (Å²) in [7, 11) is 0. The van der Waals surface area contributed by atoms with Gasteiger partial charge in [-0.1, -0.05) is 80.9 Å². The first-order valence-electron chi connectivity index (χ1n) is 16.6. The summed E-state index contributed by atoms with van der Waals surface area (Å²) in [4.78, 5) is 29.4. The summed E-state index contributed by atoms with van der Waals surface area (Å²) in [5.41, 5.74) is 3.52. The highest BCUT2D eigenvalue weighted by Gasteiger charge is 2.44. The predicted molar refractivity (Wildman–Crippen MR) is 180 cm³/mol. The minimum atomic E-state index is -1.11. The Labute approximate surface area is 270 Å². The van der Waals surface area contributed by atoms with Gasteiger partial charge in [-0.05, 0) is 43.5 Å². The van der Waals surface area contributed by atoms with Gasteiger partial charge in [0.05, 0.1) is 18.4 Å². The Hall–Kier alpha value is -4.06. The van der Waals surface area contributed by atoms with Gasteiger partial charge in [-0.15, -0.1) is 0 Å². The maximum absolute atomic E-state index is 12.4. The number of hydrogen-bond acceptors (Lipinski definition) is 9. The minimum Gasteiger partial charge on any atom is -0.388 e. The van der Waals surface area contributed by atoms with E-state index in [1.54, 1.807) is 20.2 Å². The number of benzene rings is 2. The molecule has 0 radical (unpaired) electrons. The molecule has 1 amide bonds. The zero-order valence-electron chi connectivity index (χ0n) is 26.7. The topological polar surface area (TPSA) is 140 Å². The second-order valence-electron chi connectivity index (χ2n) is 12.9. The molecule has 11 heteroatoms. The van der Waals surface area contributed by atoms with Crippen LogP contribution in [0.5, 0.6) is 0 Å². The zero-order valence-corrected chi connectivity index (χ0v) is 26.7. The number of fused-ring (bicyclic) bond motifs is 1. The molecule has 0 bridgehead atoms. The van der Waals surface area contributed by atoms with Crippen molar-refractivity contribution in [3.05, 3.63) is 78.1 Å². The summed E-state index contributed by atoms with van der Waals surface area (Å²) in [6.07, 6.45) is 3.55. The molecule has 11 nitrogen and oxygen atoms in total. The molecule has 1 aliphatic carbocycles. The van der Waals surface area contributed by atoms with Crippen molar-refractivity contribution in [3.63, 3.8) is 0 Å². The zero-order chi connectivity index (χ0) is 32.0. The summed E-state index contributed by atoms with van der Waals surface area (Å²) in [5.74, 6) is 0.754. The van der Waals surface area contributed by atoms with Crippen molar-refractivity contribution in [3.8, 4) is 0 Å². The molecule has 46 heavy (non-hydrogen) atoms. The molecule has 1 aliphatic heterocycles. The third kappa shape index (κ3) is 7.16. The number of aromatic nitrogens is 4. The van der Waals surface area contributed by atoms with E-state index in [4.69, 9.17) is 15.0 Å². The van der Waals surface area contributed by atoms with E-state index in [9.17, 15) is 15.0 Å². The van der Waals surface area contributed by atoms with Gasteiger partial charge in [0.2, 0.25) is 11.9 Å². The lowest BCUT2D eigenvalue weighted by molar-refractivity contribution is -0.125. The molecule has 5 N–H and O–H groups in total. The van der Waals surface area contributed by atoms with Crippen molar-refractivity contribution >= 4 is 28.8 Å². The average Bonchev–Trinajstić information content (AvgIpc) is 3.62. The van der Waals surface area contributed by atoms with Crippen LogP contribution in [0.4, 0.5) is 11.8 Å². The van der Waals surface area contributed by atoms with Crippen molar-refractivity contribution in [2.45, 2.75) is 69.7 Å². The third-order valence-electron chi connectivity index (χ3n) is 9.32. The fourth-order valence-electron chi connectivity index (χ4n) is 6.64. The van der Waals surface area contributed by atoms with Crippen LogP contribution in [0.25, 0.3) is 11.2 Å². The fraction of sp³-hybridized carbons (Fsp3) is 0.486. The largest absolute Gasteiger partial charge is 0.388 e. The number of aliphatic hydroxyl groups excluding tert-OH is 2. The molecule has 2 fully saturated rings. The van der Waals surface area contributed by atoms with Crippen LogP contribution in [-0.4, -0.2) is 91.5 Å². The number of piperidine rings is 1. The molecule has 2 aliphatic rings. The average molecular weight is 627 g/mol. The van der Waals surface area contributed by atoms with E-state index in [0.717, 1.165) is 19.6 Å². The quantitative estimate of drug-likeness (QED) is 0.159. The van der Waals surface area contributed by atoms with E-state index in [0.29, 0.717) is 42.4 Å². The molecule has 0 unspecified atom stereocenters. The van der Waals surface area contributed by atoms with Crippen LogP contribution in [0.2, 0.25) is 0 Å². The van der Waals surface area contributed by atoms with Crippen LogP contribution in [0.1, 0.15) is 62.6 Å². The summed E-state index contributed by atoms with van der Waals surface area (Å²) in [6.45, 7) is 8.00. The van der Waals surface area contributed by atoms with Gasteiger partial charge < -0.3 is 35.6 Å². The van der Waals surface area contributed by atoms with E-state index in [-0.39, 0.29) is 17.7 Å². The SMILES string of the molecule is CC(C)C(=O)N[C@H]1C[C@@H](n2cnc3c(NCC(c4ccccc4)c4ccccc4)nc(NCCN4CCCCC4)nc32)[C@H](O)[C@@H]1O. The Morgan fingerprint density at radius 3 is 2.24 bits per heavy atom. The first kappa shape index (κ1) is 31.9. The van der Waals surface area contributed by atoms with E-state index in [1.807, 2.05) is 16.7 Å². The normalized spacial score (nSPS) is 22.0. The first-order chi connectivity index (χ1) is 22.4. The number of likely N-dealkylation sites (tertiary alicyclic amines) is 1. The van der Waals surface area contributed by atoms with E-state index in [2.05, 4.69) is 69.4 Å². The van der Waals surface area contributed by atoms with Gasteiger partial charge in [0.25, 0.3) is 0 Å². The molecule has 0 spiro atoms. The first-order valence-corrected chi connectivity index (χ1v) is 16.6. The molecular formula is C35H46N8O3. The van der Waals surface area contributed by atoms with Gasteiger partial charge in [0.15, 0.2) is 17.0 Å². The summed E-state index contributed by atoms with van der Waals surface area (Å²) in [6, 6.07) is 19.7. The van der Waals surface area contributed by atoms with Gasteiger partial charge in [0, 0.05) is 31.5 Å². The number of carbonyl (C=O) groups excluding carboxylic acids is 1. The molecule has 3 heterocycles. The van der Waals surface area contributed by atoms with Crippen LogP contribution >= 0.6 is 0 Å². The lowest BCUT2D eigenvalue weighted by Gasteiger charge is -2.26. The predicted octanol–water partition coefficient (Wildman–Crippen LogP) is 3.78. The van der Waals surface area contributed by atoms with Gasteiger partial charge >= 0.3 is 0 Å². The monoisotopic (exact) mass is 626 g/mol. The van der Waals surface area contributed by atoms with Crippen LogP contribution in [0, 0.1) is 5.92 Å². The Kier molecular flexibility index (Phi) is 10.1. The van der Waals surface area contributed by atoms with E-state index < -0.39 is 24.3 Å². The molecule has 2 aromatic heterocycles. The number of aliphatic hydroxyl groups is 2. The van der Waals surface area contributed by atoms with Crippen molar-refractivity contribution < 1.29 is 15.0 Å². The highest BCUT2D eigenvalue weighted by molar-refractivity contribution is 5.84. The molecule has 2 aromatic carbocycles. The third-order valence-corrected chi connectivity index (χ3v) is 9.32. The van der Waals surface area contributed by atoms with Gasteiger partial charge in [0.1, 0.15) is 12.2 Å². The number of rotatable bonds is 12. The lowest BCUT2D eigenvalue weighted by Crippen LogP contribution is -2.44. The van der Waals surface area contributed by atoms with Gasteiger partial charge in [-0.25, -0.2) is 4.98 Å². The second kappa shape index (κ2) is 14.6. The van der Waals surface area contributed by atoms with Crippen LogP contribution < -0.4 is 16.0 Å². The Morgan fingerprint density at radius 1 is 0.913 bits per heavy atom. The molecule has 1 saturated carbocycles. The van der Waals surface area contributed by atoms with Crippen molar-refractivity contribution in [1.82, 2.24) is 29.7 Å². The molecule has 4 atom stereocenters. The highest BCUT2D eigenvalue weighted by Crippen LogP contribution is 2.35. The van der Waals surface area contributed by atoms with Crippen molar-refractivity contribution in [2.24, 2.45) is 5.92 Å². The number of hydrogen-bond donors (Lipinski definition) is 5. The number of carbonyl (C=O) groups is 1. The standard InChI is InChI=1S/C35H46N8O3/c1-23(2)34(46)39-27-20-28(31(45)30(27)44)43-22-38-29-32(40-35(41-33(29)43)36-16-19-42-17-10-5-11-18-42)37-21-26(24-12-6-3-7-13-24)25-14-8-4-9-15-25/h3-4,6-9,12-15,22-23,26-28,30-31,44-45H,5,10-11,16-21H2,1-2H3,(H,39,46)(H2,36,37,40,41)/t27-,28+,30+,31-/m0/s1. The summed E-state index contributed by atoms with van der Waals surface area (Å²) >= 11 is 0. The van der Waals surface area contributed by atoms with Crippen LogP contribution in [-0.2, 0) is 4.79 Å². The van der Waals surface area contributed by atoms with Gasteiger partial charge in [-0.3, -0.25) is 4.79 Å². The second-order valence-corrected chi connectivity index (χ2v) is 12.9. The fourth-order valence-corrected chi connectivity index (χ4v) is 6.64. The van der Waals surface area contributed by atoms with Crippen molar-refractivity contribution in [2.75, 3.05) is 43.4 Å². The highest BCUT2D eigenvalue weighted by atomic mass is 16.3. The molecule has 244 valence electrons. The van der Waals surface area contributed by atoms with E-state index in [1.165, 1.54) is 30.4 Å². The number of imidazole rings is 1. The van der Waals surface area contributed by atoms with Gasteiger partial charge in [-0.2, -0.15) is 9.97 Å². The maximum Gasteiger partial charge on any atom is 0.226 e. The molecule has 1 saturated heterocycles. The lowest BCUT2D eigenvalue weighted by atomic mass is 9.91.